The molecule has 2 heterocycles. The van der Waals surface area contributed by atoms with Crippen LogP contribution in [0.1, 0.15) is 46.8 Å². The molecule has 174 valence electrons. The molecule has 6 nitrogen and oxygen atoms in total. The zero-order chi connectivity index (χ0) is 23.8. The van der Waals surface area contributed by atoms with Crippen LogP contribution in [0, 0.1) is 5.92 Å². The van der Waals surface area contributed by atoms with E-state index in [0.29, 0.717) is 21.6 Å². The zero-order valence-corrected chi connectivity index (χ0v) is 18.9. The van der Waals surface area contributed by atoms with Gasteiger partial charge in [-0.2, -0.15) is 13.2 Å². The lowest BCUT2D eigenvalue weighted by atomic mass is 9.90. The Kier molecular flexibility index (Phi) is 6.60. The van der Waals surface area contributed by atoms with Crippen LogP contribution in [0.25, 0.3) is 10.3 Å². The first-order valence-electron chi connectivity index (χ1n) is 10.2. The molecule has 11 heteroatoms. The number of amides is 1. The number of aromatic nitrogens is 2. The molecule has 0 fully saturated rings. The Morgan fingerprint density at radius 1 is 1.30 bits per heavy atom. The molecule has 0 aliphatic heterocycles. The summed E-state index contributed by atoms with van der Waals surface area (Å²) in [5, 5.41) is 16.8. The van der Waals surface area contributed by atoms with E-state index in [9.17, 15) is 23.1 Å². The molecular weight excluding hydrogens is 477 g/mol. The van der Waals surface area contributed by atoms with Gasteiger partial charge in [-0.1, -0.05) is 24.6 Å². The average Bonchev–Trinajstić information content (AvgIpc) is 3.19. The van der Waals surface area contributed by atoms with Gasteiger partial charge in [0.05, 0.1) is 16.6 Å². The van der Waals surface area contributed by atoms with Crippen LogP contribution in [0.4, 0.5) is 13.2 Å². The lowest BCUT2D eigenvalue weighted by molar-refractivity contribution is -0.137. The molecule has 0 radical (unpaired) electrons. The SMILES string of the molecule is C[C@H]1CC[C@@H](NC(=O)c2cccc(C(F)(F)F)c2)C=C1N[C@H](O)c1cc2nc(Cl)cnc2s1. The third-order valence-electron chi connectivity index (χ3n) is 5.39. The van der Waals surface area contributed by atoms with E-state index in [2.05, 4.69) is 20.6 Å². The van der Waals surface area contributed by atoms with E-state index in [4.69, 9.17) is 11.6 Å². The number of halogens is 4. The molecule has 1 aromatic carbocycles. The summed E-state index contributed by atoms with van der Waals surface area (Å²) in [5.74, 6) is -0.489. The number of nitrogens with one attached hydrogen (secondary N) is 2. The van der Waals surface area contributed by atoms with Crippen LogP contribution < -0.4 is 10.6 Å². The minimum atomic E-state index is -4.52. The Bertz CT molecular complexity index is 1210. The van der Waals surface area contributed by atoms with Gasteiger partial charge in [-0.3, -0.25) is 4.79 Å². The van der Waals surface area contributed by atoms with Crippen molar-refractivity contribution in [2.45, 2.75) is 38.2 Å². The summed E-state index contributed by atoms with van der Waals surface area (Å²) in [5.41, 5.74) is 0.386. The van der Waals surface area contributed by atoms with E-state index < -0.39 is 23.9 Å². The first-order valence-corrected chi connectivity index (χ1v) is 11.4. The maximum Gasteiger partial charge on any atom is 0.416 e. The summed E-state index contributed by atoms with van der Waals surface area (Å²) in [6.07, 6.45) is -0.952. The highest BCUT2D eigenvalue weighted by Gasteiger charge is 2.31. The van der Waals surface area contributed by atoms with E-state index in [0.717, 1.165) is 24.3 Å². The van der Waals surface area contributed by atoms with Gasteiger partial charge in [-0.15, -0.1) is 11.3 Å². The van der Waals surface area contributed by atoms with Crippen molar-refractivity contribution in [2.24, 2.45) is 5.92 Å². The van der Waals surface area contributed by atoms with Crippen LogP contribution in [0.5, 0.6) is 0 Å². The highest BCUT2D eigenvalue weighted by Crippen LogP contribution is 2.31. The van der Waals surface area contributed by atoms with Crippen molar-refractivity contribution in [1.82, 2.24) is 20.6 Å². The van der Waals surface area contributed by atoms with Gasteiger partial charge < -0.3 is 15.7 Å². The minimum Gasteiger partial charge on any atom is -0.369 e. The fraction of sp³-hybridized carbons (Fsp3) is 0.318. The predicted molar refractivity (Wildman–Crippen MR) is 120 cm³/mol. The lowest BCUT2D eigenvalue weighted by Gasteiger charge is -2.29. The largest absolute Gasteiger partial charge is 0.416 e. The van der Waals surface area contributed by atoms with Gasteiger partial charge in [0.2, 0.25) is 0 Å². The number of aliphatic hydroxyl groups excluding tert-OH is 1. The standard InChI is InChI=1S/C22H20ClF3N4O2S/c1-11-5-6-14(28-19(31)12-3-2-4-13(7-12)22(24,25)26)8-15(11)30-20(32)17-9-16-21(33-17)27-10-18(23)29-16/h2-4,7-11,14,20,30,32H,5-6H2,1H3,(H,28,31)/t11-,14+,20+/m0/s1. The summed E-state index contributed by atoms with van der Waals surface area (Å²) < 4.78 is 38.8. The lowest BCUT2D eigenvalue weighted by Crippen LogP contribution is -2.38. The van der Waals surface area contributed by atoms with E-state index in [1.807, 2.05) is 6.92 Å². The maximum atomic E-state index is 12.9. The van der Waals surface area contributed by atoms with E-state index in [-0.39, 0.29) is 22.7 Å². The summed E-state index contributed by atoms with van der Waals surface area (Å²) >= 11 is 7.15. The third-order valence-corrected chi connectivity index (χ3v) is 6.66. The Hall–Kier alpha value is -2.69. The van der Waals surface area contributed by atoms with Gasteiger partial charge in [-0.25, -0.2) is 9.97 Å². The second-order valence-corrected chi connectivity index (χ2v) is 9.29. The Balaban J connectivity index is 1.47. The molecule has 33 heavy (non-hydrogen) atoms. The van der Waals surface area contributed by atoms with E-state index in [1.54, 1.807) is 12.1 Å². The number of nitrogens with zero attached hydrogens (tertiary/aromatic N) is 2. The number of allylic oxidation sites excluding steroid dienone is 1. The summed E-state index contributed by atoms with van der Waals surface area (Å²) in [6.45, 7) is 1.99. The smallest absolute Gasteiger partial charge is 0.369 e. The molecule has 3 N–H and O–H groups in total. The number of thiophene rings is 1. The van der Waals surface area contributed by atoms with Crippen LogP contribution in [0.3, 0.4) is 0 Å². The van der Waals surface area contributed by atoms with Gasteiger partial charge in [0.15, 0.2) is 6.23 Å². The van der Waals surface area contributed by atoms with Crippen LogP contribution in [-0.4, -0.2) is 27.0 Å². The monoisotopic (exact) mass is 496 g/mol. The summed E-state index contributed by atoms with van der Waals surface area (Å²) in [7, 11) is 0. The molecule has 0 spiro atoms. The second kappa shape index (κ2) is 9.28. The fourth-order valence-electron chi connectivity index (χ4n) is 3.62. The van der Waals surface area contributed by atoms with E-state index >= 15 is 0 Å². The molecule has 3 atom stereocenters. The Morgan fingerprint density at radius 2 is 2.09 bits per heavy atom. The topological polar surface area (TPSA) is 87.1 Å². The zero-order valence-electron chi connectivity index (χ0n) is 17.4. The minimum absolute atomic E-state index is 0.0599. The van der Waals surface area contributed by atoms with Crippen LogP contribution in [-0.2, 0) is 6.18 Å². The molecule has 2 aromatic heterocycles. The van der Waals surface area contributed by atoms with Crippen molar-refractivity contribution in [1.29, 1.82) is 0 Å². The van der Waals surface area contributed by atoms with Crippen molar-refractivity contribution in [2.75, 3.05) is 0 Å². The molecule has 4 rings (SSSR count). The van der Waals surface area contributed by atoms with Crippen molar-refractivity contribution >= 4 is 39.2 Å². The molecule has 1 amide bonds. The predicted octanol–water partition coefficient (Wildman–Crippen LogP) is 5.06. The summed E-state index contributed by atoms with van der Waals surface area (Å²) in [4.78, 5) is 22.2. The second-order valence-electron chi connectivity index (χ2n) is 7.84. The molecule has 1 aliphatic rings. The molecule has 0 bridgehead atoms. The Morgan fingerprint density at radius 3 is 2.85 bits per heavy atom. The number of rotatable bonds is 5. The van der Waals surface area contributed by atoms with Crippen LogP contribution >= 0.6 is 22.9 Å². The number of carbonyl (C=O) groups excluding carboxylic acids is 1. The fourth-order valence-corrected chi connectivity index (χ4v) is 4.64. The molecule has 0 saturated carbocycles. The number of carbonyl (C=O) groups is 1. The number of hydrogen-bond donors (Lipinski definition) is 3. The average molecular weight is 497 g/mol. The first kappa shape index (κ1) is 23.5. The maximum absolute atomic E-state index is 12.9. The summed E-state index contributed by atoms with van der Waals surface area (Å²) in [6, 6.07) is 5.64. The first-order chi connectivity index (χ1) is 15.6. The van der Waals surface area contributed by atoms with Crippen molar-refractivity contribution in [3.05, 3.63) is 69.5 Å². The molecule has 0 unspecified atom stereocenters. The molecule has 0 saturated heterocycles. The Labute approximate surface area is 196 Å². The number of fused-ring (bicyclic) bond motifs is 1. The van der Waals surface area contributed by atoms with Gasteiger partial charge in [0.25, 0.3) is 5.91 Å². The highest BCUT2D eigenvalue weighted by atomic mass is 35.5. The number of aliphatic hydroxyl groups is 1. The van der Waals surface area contributed by atoms with Gasteiger partial charge in [0, 0.05) is 17.3 Å². The third kappa shape index (κ3) is 5.45. The van der Waals surface area contributed by atoms with Crippen molar-refractivity contribution < 1.29 is 23.1 Å². The van der Waals surface area contributed by atoms with Crippen LogP contribution in [0.2, 0.25) is 5.15 Å². The van der Waals surface area contributed by atoms with E-state index in [1.165, 1.54) is 29.7 Å². The normalized spacial score (nSPS) is 19.8. The molecule has 1 aliphatic carbocycles. The number of benzene rings is 1. The molecule has 3 aromatic rings. The van der Waals surface area contributed by atoms with Crippen molar-refractivity contribution in [3.63, 3.8) is 0 Å². The van der Waals surface area contributed by atoms with Gasteiger partial charge in [0.1, 0.15) is 15.5 Å². The van der Waals surface area contributed by atoms with Gasteiger partial charge in [-0.05, 0) is 49.1 Å². The van der Waals surface area contributed by atoms with Crippen LogP contribution in [0.15, 0.2) is 48.3 Å². The number of hydrogen-bond acceptors (Lipinski definition) is 6. The van der Waals surface area contributed by atoms with Gasteiger partial charge >= 0.3 is 6.18 Å². The number of alkyl halides is 3. The highest BCUT2D eigenvalue weighted by molar-refractivity contribution is 7.18. The van der Waals surface area contributed by atoms with Crippen molar-refractivity contribution in [3.8, 4) is 0 Å². The molecular formula is C22H20ClF3N4O2S. The quantitative estimate of drug-likeness (QED) is 0.430.